The van der Waals surface area contributed by atoms with Gasteiger partial charge in [-0.1, -0.05) is 53.7 Å². The predicted molar refractivity (Wildman–Crippen MR) is 140 cm³/mol. The van der Waals surface area contributed by atoms with E-state index in [4.69, 9.17) is 4.74 Å². The highest BCUT2D eigenvalue weighted by Crippen LogP contribution is 2.77. The molecule has 5 aliphatic rings. The van der Waals surface area contributed by atoms with E-state index in [2.05, 4.69) is 55.0 Å². The van der Waals surface area contributed by atoms with E-state index in [0.717, 1.165) is 30.1 Å². The van der Waals surface area contributed by atoms with Crippen LogP contribution in [0.1, 0.15) is 120 Å². The highest BCUT2D eigenvalue weighted by Gasteiger charge is 2.70. The van der Waals surface area contributed by atoms with Crippen molar-refractivity contribution in [2.45, 2.75) is 126 Å². The van der Waals surface area contributed by atoms with Gasteiger partial charge in [-0.05, 0) is 122 Å². The minimum absolute atomic E-state index is 0.0550. The zero-order valence-electron chi connectivity index (χ0n) is 23.6. The van der Waals surface area contributed by atoms with E-state index in [9.17, 15) is 4.79 Å². The predicted octanol–water partition coefficient (Wildman–Crippen LogP) is 8.60. The minimum atomic E-state index is -0.107. The highest BCUT2D eigenvalue weighted by molar-refractivity contribution is 5.66. The standard InChI is InChI=1S/C32H52O2/c1-20(2)22-12-15-29(6)18-19-31(8)23(27(22)29)10-11-25-30(7)16-14-26(34-21(3)33)28(4,5)24(30)13-17-32(25,31)9/h22-27H,1,10-19H2,2-9H3/t22-,23+,24?,25?,26-,27?,29+,30-,31+,32+/m1/s1. The molecule has 10 atom stereocenters. The molecule has 192 valence electrons. The first kappa shape index (κ1) is 24.9. The molecular formula is C32H52O2. The Morgan fingerprint density at radius 3 is 2.12 bits per heavy atom. The van der Waals surface area contributed by atoms with Gasteiger partial charge in [0.05, 0.1) is 0 Å². The van der Waals surface area contributed by atoms with Gasteiger partial charge >= 0.3 is 5.97 Å². The van der Waals surface area contributed by atoms with Crippen molar-refractivity contribution >= 4 is 5.97 Å². The molecular weight excluding hydrogens is 416 g/mol. The molecule has 5 saturated carbocycles. The molecule has 0 aromatic heterocycles. The summed E-state index contributed by atoms with van der Waals surface area (Å²) in [6.45, 7) is 23.9. The molecule has 0 N–H and O–H groups in total. The van der Waals surface area contributed by atoms with Crippen LogP contribution in [0, 0.1) is 56.7 Å². The van der Waals surface area contributed by atoms with Gasteiger partial charge in [-0.2, -0.15) is 0 Å². The largest absolute Gasteiger partial charge is 0.462 e. The third-order valence-corrected chi connectivity index (χ3v) is 13.7. The van der Waals surface area contributed by atoms with Gasteiger partial charge in [-0.3, -0.25) is 4.79 Å². The number of rotatable bonds is 2. The maximum atomic E-state index is 11.9. The Bertz CT molecular complexity index is 872. The summed E-state index contributed by atoms with van der Waals surface area (Å²) in [6.07, 6.45) is 13.4. The summed E-state index contributed by atoms with van der Waals surface area (Å²) in [5, 5.41) is 0. The Morgan fingerprint density at radius 2 is 1.47 bits per heavy atom. The first-order chi connectivity index (χ1) is 15.7. The van der Waals surface area contributed by atoms with Crippen molar-refractivity contribution in [1.82, 2.24) is 0 Å². The Balaban J connectivity index is 1.50. The van der Waals surface area contributed by atoms with Crippen molar-refractivity contribution in [2.24, 2.45) is 56.7 Å². The van der Waals surface area contributed by atoms with Gasteiger partial charge in [0, 0.05) is 12.3 Å². The zero-order valence-corrected chi connectivity index (χ0v) is 23.6. The monoisotopic (exact) mass is 468 g/mol. The van der Waals surface area contributed by atoms with Crippen LogP contribution in [0.4, 0.5) is 0 Å². The van der Waals surface area contributed by atoms with Crippen LogP contribution in [0.5, 0.6) is 0 Å². The van der Waals surface area contributed by atoms with Crippen molar-refractivity contribution in [1.29, 1.82) is 0 Å². The normalized spacial score (nSPS) is 53.6. The Hall–Kier alpha value is -0.790. The van der Waals surface area contributed by atoms with Crippen molar-refractivity contribution in [2.75, 3.05) is 0 Å². The molecule has 2 heteroatoms. The van der Waals surface area contributed by atoms with E-state index in [0.29, 0.717) is 27.6 Å². The van der Waals surface area contributed by atoms with E-state index >= 15 is 0 Å². The van der Waals surface area contributed by atoms with Crippen LogP contribution in [0.25, 0.3) is 0 Å². The quantitative estimate of drug-likeness (QED) is 0.299. The molecule has 0 saturated heterocycles. The lowest BCUT2D eigenvalue weighted by molar-refractivity contribution is -0.248. The number of ether oxygens (including phenoxy) is 1. The van der Waals surface area contributed by atoms with Crippen molar-refractivity contribution < 1.29 is 9.53 Å². The lowest BCUT2D eigenvalue weighted by Gasteiger charge is -2.73. The van der Waals surface area contributed by atoms with Crippen LogP contribution < -0.4 is 0 Å². The molecule has 3 unspecified atom stereocenters. The van der Waals surface area contributed by atoms with Crippen LogP contribution in [0.2, 0.25) is 0 Å². The number of hydrogen-bond donors (Lipinski definition) is 0. The number of esters is 1. The van der Waals surface area contributed by atoms with Crippen LogP contribution in [0.15, 0.2) is 12.2 Å². The smallest absolute Gasteiger partial charge is 0.302 e. The number of allylic oxidation sites excluding steroid dienone is 1. The second-order valence-electron chi connectivity index (χ2n) is 15.3. The maximum Gasteiger partial charge on any atom is 0.302 e. The molecule has 5 aliphatic carbocycles. The summed E-state index contributed by atoms with van der Waals surface area (Å²) in [5.74, 6) is 3.74. The summed E-state index contributed by atoms with van der Waals surface area (Å²) in [4.78, 5) is 11.9. The van der Waals surface area contributed by atoms with Gasteiger partial charge in [0.1, 0.15) is 6.10 Å². The third kappa shape index (κ3) is 3.08. The molecule has 0 heterocycles. The minimum Gasteiger partial charge on any atom is -0.462 e. The van der Waals surface area contributed by atoms with E-state index < -0.39 is 0 Å². The average Bonchev–Trinajstić information content (AvgIpc) is 3.08. The van der Waals surface area contributed by atoms with Crippen molar-refractivity contribution in [3.8, 4) is 0 Å². The summed E-state index contributed by atoms with van der Waals surface area (Å²) < 4.78 is 5.91. The lowest BCUT2D eigenvalue weighted by atomic mass is 9.32. The molecule has 0 amide bonds. The van der Waals surface area contributed by atoms with Crippen LogP contribution in [0.3, 0.4) is 0 Å². The van der Waals surface area contributed by atoms with Gasteiger partial charge in [-0.25, -0.2) is 0 Å². The van der Waals surface area contributed by atoms with Gasteiger partial charge in [0.2, 0.25) is 0 Å². The lowest BCUT2D eigenvalue weighted by Crippen LogP contribution is -2.66. The fourth-order valence-electron chi connectivity index (χ4n) is 11.9. The molecule has 0 spiro atoms. The summed E-state index contributed by atoms with van der Waals surface area (Å²) in [7, 11) is 0. The highest BCUT2D eigenvalue weighted by atomic mass is 16.5. The molecule has 5 rings (SSSR count). The summed E-state index contributed by atoms with van der Waals surface area (Å²) >= 11 is 0. The number of hydrogen-bond acceptors (Lipinski definition) is 2. The average molecular weight is 469 g/mol. The Morgan fingerprint density at radius 1 is 0.765 bits per heavy atom. The van der Waals surface area contributed by atoms with Gasteiger partial charge in [0.25, 0.3) is 0 Å². The SMILES string of the molecule is C=C(C)[C@H]1CC[C@@]2(C)CC[C@@]3(C)[C@@H](CCC4[C@]5(C)CC[C@@H](OC(C)=O)C(C)(C)C5CC[C@@]43C)C12. The zero-order chi connectivity index (χ0) is 24.9. The van der Waals surface area contributed by atoms with Crippen LogP contribution >= 0.6 is 0 Å². The van der Waals surface area contributed by atoms with Gasteiger partial charge < -0.3 is 4.74 Å². The second kappa shape index (κ2) is 7.61. The molecule has 0 radical (unpaired) electrons. The molecule has 34 heavy (non-hydrogen) atoms. The number of carbonyl (C=O) groups is 1. The summed E-state index contributed by atoms with van der Waals surface area (Å²) in [5.41, 5.74) is 3.23. The first-order valence-electron chi connectivity index (χ1n) is 14.5. The van der Waals surface area contributed by atoms with Crippen molar-refractivity contribution in [3.63, 3.8) is 0 Å². The van der Waals surface area contributed by atoms with E-state index in [1.54, 1.807) is 6.92 Å². The summed E-state index contributed by atoms with van der Waals surface area (Å²) in [6, 6.07) is 0. The third-order valence-electron chi connectivity index (χ3n) is 13.7. The molecule has 0 aromatic carbocycles. The van der Waals surface area contributed by atoms with Crippen LogP contribution in [-0.2, 0) is 9.53 Å². The molecule has 0 bridgehead atoms. The Labute approximate surface area is 210 Å². The molecule has 0 aliphatic heterocycles. The van der Waals surface area contributed by atoms with Crippen molar-refractivity contribution in [3.05, 3.63) is 12.2 Å². The Kier molecular flexibility index (Phi) is 5.57. The van der Waals surface area contributed by atoms with Crippen LogP contribution in [-0.4, -0.2) is 12.1 Å². The van der Waals surface area contributed by atoms with E-state index in [1.165, 1.54) is 63.4 Å². The maximum absolute atomic E-state index is 11.9. The van der Waals surface area contributed by atoms with Gasteiger partial charge in [-0.15, -0.1) is 0 Å². The number of fused-ring (bicyclic) bond motifs is 7. The first-order valence-corrected chi connectivity index (χ1v) is 14.5. The fraction of sp³-hybridized carbons (Fsp3) is 0.906. The molecule has 0 aromatic rings. The van der Waals surface area contributed by atoms with E-state index in [1.807, 2.05) is 0 Å². The van der Waals surface area contributed by atoms with Gasteiger partial charge in [0.15, 0.2) is 0 Å². The topological polar surface area (TPSA) is 26.3 Å². The fourth-order valence-corrected chi connectivity index (χ4v) is 11.9. The second-order valence-corrected chi connectivity index (χ2v) is 15.3. The molecule has 5 fully saturated rings. The van der Waals surface area contributed by atoms with E-state index in [-0.39, 0.29) is 17.5 Å². The molecule has 2 nitrogen and oxygen atoms in total. The number of carbonyl (C=O) groups excluding carboxylic acids is 1.